The molecule has 8 heteroatoms. The lowest BCUT2D eigenvalue weighted by Gasteiger charge is -2.09. The zero-order chi connectivity index (χ0) is 14.8. The van der Waals surface area contributed by atoms with E-state index in [2.05, 4.69) is 20.7 Å². The summed E-state index contributed by atoms with van der Waals surface area (Å²) in [5.74, 6) is -1.58. The molecular weight excluding hydrogens is 280 g/mol. The summed E-state index contributed by atoms with van der Waals surface area (Å²) < 4.78 is 27.5. The first-order valence-electron chi connectivity index (χ1n) is 5.94. The van der Waals surface area contributed by atoms with Crippen molar-refractivity contribution in [2.75, 3.05) is 10.7 Å². The Morgan fingerprint density at radius 1 is 1.19 bits per heavy atom. The second kappa shape index (κ2) is 5.16. The van der Waals surface area contributed by atoms with Gasteiger partial charge in [0.15, 0.2) is 5.65 Å². The van der Waals surface area contributed by atoms with Gasteiger partial charge in [0.2, 0.25) is 0 Å². The maximum absolute atomic E-state index is 13.4. The average molecular weight is 289 g/mol. The van der Waals surface area contributed by atoms with Crippen LogP contribution in [0.5, 0.6) is 0 Å². The fourth-order valence-corrected chi connectivity index (χ4v) is 1.78. The number of hydrogen-bond donors (Lipinski definition) is 2. The summed E-state index contributed by atoms with van der Waals surface area (Å²) in [6, 6.07) is 5.61. The quantitative estimate of drug-likeness (QED) is 0.761. The largest absolute Gasteiger partial charge is 0.338 e. The maximum atomic E-state index is 13.4. The number of carbonyl (C=O) groups excluding carboxylic acids is 1. The summed E-state index contributed by atoms with van der Waals surface area (Å²) in [5.41, 5.74) is 3.36. The number of nitrogens with one attached hydrogen (secondary N) is 2. The molecule has 3 rings (SSSR count). The zero-order valence-electron chi connectivity index (χ0n) is 10.5. The van der Waals surface area contributed by atoms with Gasteiger partial charge in [-0.3, -0.25) is 0 Å². The molecule has 21 heavy (non-hydrogen) atoms. The van der Waals surface area contributed by atoms with Crippen LogP contribution in [-0.4, -0.2) is 20.7 Å². The number of halogens is 2. The smallest absolute Gasteiger partial charge is 0.304 e. The number of benzene rings is 1. The number of fused-ring (bicyclic) bond motifs is 1. The van der Waals surface area contributed by atoms with E-state index in [0.717, 1.165) is 12.1 Å². The van der Waals surface area contributed by atoms with E-state index in [1.165, 1.54) is 11.0 Å². The molecule has 2 heterocycles. The van der Waals surface area contributed by atoms with Gasteiger partial charge in [-0.05, 0) is 24.3 Å². The molecular formula is C13H9F2N5O. The Kier molecular flexibility index (Phi) is 3.19. The molecule has 0 spiro atoms. The molecule has 0 aliphatic heterocycles. The van der Waals surface area contributed by atoms with Crippen molar-refractivity contribution in [3.05, 3.63) is 54.5 Å². The van der Waals surface area contributed by atoms with Gasteiger partial charge in [-0.15, -0.1) is 0 Å². The Hall–Kier alpha value is -3.03. The second-order valence-electron chi connectivity index (χ2n) is 4.15. The molecule has 3 aromatic rings. The molecule has 0 fully saturated rings. The molecule has 0 radical (unpaired) electrons. The van der Waals surface area contributed by atoms with Gasteiger partial charge in [0.25, 0.3) is 0 Å². The third-order valence-corrected chi connectivity index (χ3v) is 2.71. The molecule has 1 aromatic carbocycles. The van der Waals surface area contributed by atoms with E-state index >= 15 is 0 Å². The highest BCUT2D eigenvalue weighted by Gasteiger charge is 2.10. The summed E-state index contributed by atoms with van der Waals surface area (Å²) in [4.78, 5) is 19.9. The highest BCUT2D eigenvalue weighted by molar-refractivity contribution is 5.95. The molecule has 0 aliphatic carbocycles. The van der Waals surface area contributed by atoms with Gasteiger partial charge in [0.05, 0.1) is 5.69 Å². The van der Waals surface area contributed by atoms with Crippen LogP contribution in [0.25, 0.3) is 11.2 Å². The third kappa shape index (κ3) is 2.64. The Bertz CT molecular complexity index is 817. The maximum Gasteiger partial charge on any atom is 0.338 e. The fraction of sp³-hybridized carbons (Fsp3) is 0. The van der Waals surface area contributed by atoms with Crippen LogP contribution in [0, 0.1) is 11.6 Å². The summed E-state index contributed by atoms with van der Waals surface area (Å²) in [6.07, 6.45) is 2.93. The van der Waals surface area contributed by atoms with Crippen molar-refractivity contribution >= 4 is 22.9 Å². The van der Waals surface area contributed by atoms with E-state index in [4.69, 9.17) is 0 Å². The van der Waals surface area contributed by atoms with E-state index in [9.17, 15) is 13.6 Å². The Morgan fingerprint density at radius 3 is 2.86 bits per heavy atom. The number of aromatic nitrogens is 3. The first-order chi connectivity index (χ1) is 10.1. The van der Waals surface area contributed by atoms with Crippen LogP contribution >= 0.6 is 0 Å². The second-order valence-corrected chi connectivity index (χ2v) is 4.15. The monoisotopic (exact) mass is 289 g/mol. The van der Waals surface area contributed by atoms with Gasteiger partial charge in [-0.25, -0.2) is 33.6 Å². The molecule has 2 amide bonds. The minimum Gasteiger partial charge on any atom is -0.304 e. The first kappa shape index (κ1) is 13.0. The number of carbonyl (C=O) groups is 1. The van der Waals surface area contributed by atoms with Crippen molar-refractivity contribution < 1.29 is 13.6 Å². The minimum atomic E-state index is -0.862. The molecule has 0 atom stereocenters. The molecule has 0 bridgehead atoms. The van der Waals surface area contributed by atoms with Crippen LogP contribution in [-0.2, 0) is 0 Å². The van der Waals surface area contributed by atoms with Crippen molar-refractivity contribution in [3.63, 3.8) is 0 Å². The topological polar surface area (TPSA) is 71.8 Å². The Balaban J connectivity index is 1.77. The van der Waals surface area contributed by atoms with E-state index in [-0.39, 0.29) is 5.69 Å². The number of pyridine rings is 1. The summed E-state index contributed by atoms with van der Waals surface area (Å²) >= 11 is 0. The summed E-state index contributed by atoms with van der Waals surface area (Å²) in [6.45, 7) is 0. The number of hydrogen-bond acceptors (Lipinski definition) is 3. The lowest BCUT2D eigenvalue weighted by molar-refractivity contribution is 0.259. The number of anilines is 1. The van der Waals surface area contributed by atoms with Gasteiger partial charge in [-0.2, -0.15) is 0 Å². The lowest BCUT2D eigenvalue weighted by Crippen LogP contribution is -2.27. The summed E-state index contributed by atoms with van der Waals surface area (Å²) in [5, 5.41) is 2.27. The third-order valence-electron chi connectivity index (χ3n) is 2.71. The van der Waals surface area contributed by atoms with Crippen molar-refractivity contribution in [1.29, 1.82) is 0 Å². The summed E-state index contributed by atoms with van der Waals surface area (Å²) in [7, 11) is 0. The molecule has 0 saturated carbocycles. The number of imidazole rings is 1. The zero-order valence-corrected chi connectivity index (χ0v) is 10.5. The predicted molar refractivity (Wildman–Crippen MR) is 72.3 cm³/mol. The normalized spacial score (nSPS) is 10.6. The van der Waals surface area contributed by atoms with Gasteiger partial charge in [-0.1, -0.05) is 0 Å². The molecule has 2 N–H and O–H groups in total. The highest BCUT2D eigenvalue weighted by atomic mass is 19.1. The van der Waals surface area contributed by atoms with Crippen LogP contribution in [0.1, 0.15) is 0 Å². The lowest BCUT2D eigenvalue weighted by atomic mass is 10.3. The van der Waals surface area contributed by atoms with Crippen molar-refractivity contribution in [1.82, 2.24) is 14.6 Å². The van der Waals surface area contributed by atoms with Crippen molar-refractivity contribution in [3.8, 4) is 0 Å². The number of rotatable bonds is 2. The molecule has 2 aromatic heterocycles. The van der Waals surface area contributed by atoms with Crippen LogP contribution in [0.15, 0.2) is 42.9 Å². The van der Waals surface area contributed by atoms with E-state index in [1.807, 2.05) is 0 Å². The number of nitrogens with zero attached hydrogens (tertiary/aromatic N) is 3. The van der Waals surface area contributed by atoms with Crippen LogP contribution in [0.3, 0.4) is 0 Å². The molecule has 0 unspecified atom stereocenters. The predicted octanol–water partition coefficient (Wildman–Crippen LogP) is 2.49. The SMILES string of the molecule is O=C(Nc1ccc(F)cc1F)Nn1cnc2cccnc21. The Labute approximate surface area is 117 Å². The van der Waals surface area contributed by atoms with Crippen LogP contribution in [0.2, 0.25) is 0 Å². The van der Waals surface area contributed by atoms with Gasteiger partial charge in [0.1, 0.15) is 23.5 Å². The van der Waals surface area contributed by atoms with E-state index in [0.29, 0.717) is 17.2 Å². The van der Waals surface area contributed by atoms with Crippen LogP contribution in [0.4, 0.5) is 19.3 Å². The minimum absolute atomic E-state index is 0.133. The first-order valence-corrected chi connectivity index (χ1v) is 5.94. The van der Waals surface area contributed by atoms with Gasteiger partial charge < -0.3 is 5.32 Å². The van der Waals surface area contributed by atoms with Gasteiger partial charge >= 0.3 is 6.03 Å². The molecule has 6 nitrogen and oxygen atoms in total. The van der Waals surface area contributed by atoms with E-state index in [1.54, 1.807) is 18.3 Å². The standard InChI is InChI=1S/C13H9F2N5O/c14-8-3-4-10(9(15)6-8)18-13(21)19-20-7-17-11-2-1-5-16-12(11)20/h1-7H,(H2,18,19,21). The van der Waals surface area contributed by atoms with Crippen molar-refractivity contribution in [2.24, 2.45) is 0 Å². The molecule has 0 saturated heterocycles. The number of amides is 2. The number of urea groups is 1. The van der Waals surface area contributed by atoms with Crippen LogP contribution < -0.4 is 10.7 Å². The van der Waals surface area contributed by atoms with E-state index < -0.39 is 17.7 Å². The molecule has 106 valence electrons. The Morgan fingerprint density at radius 2 is 2.05 bits per heavy atom. The van der Waals surface area contributed by atoms with Crippen molar-refractivity contribution in [2.45, 2.75) is 0 Å². The fourth-order valence-electron chi connectivity index (χ4n) is 1.78. The molecule has 0 aliphatic rings. The highest BCUT2D eigenvalue weighted by Crippen LogP contribution is 2.15. The van der Waals surface area contributed by atoms with Gasteiger partial charge in [0, 0.05) is 12.3 Å². The average Bonchev–Trinajstić information content (AvgIpc) is 2.85.